The lowest BCUT2D eigenvalue weighted by molar-refractivity contribution is -0.138. The summed E-state index contributed by atoms with van der Waals surface area (Å²) in [5, 5.41) is 13.1. The van der Waals surface area contributed by atoms with Gasteiger partial charge in [0.1, 0.15) is 6.04 Å². The zero-order valence-electron chi connectivity index (χ0n) is 21.2. The number of ether oxygens (including phenoxy) is 2. The van der Waals surface area contributed by atoms with Crippen LogP contribution in [0.4, 0.5) is 0 Å². The number of nitrogens with one attached hydrogen (secondary N) is 1. The molecule has 0 aliphatic carbocycles. The zero-order chi connectivity index (χ0) is 25.5. The molecule has 0 bridgehead atoms. The van der Waals surface area contributed by atoms with Gasteiger partial charge in [0.05, 0.1) is 11.5 Å². The fraction of sp³-hybridized carbons (Fsp3) is 0.483. The number of carbonyl (C=O) groups excluding carboxylic acids is 2. The lowest BCUT2D eigenvalue weighted by Gasteiger charge is -2.31. The van der Waals surface area contributed by atoms with Crippen molar-refractivity contribution < 1.29 is 19.1 Å². The Morgan fingerprint density at radius 3 is 2.67 bits per heavy atom. The van der Waals surface area contributed by atoms with Crippen molar-refractivity contribution >= 4 is 11.8 Å². The van der Waals surface area contributed by atoms with Crippen LogP contribution in [0, 0.1) is 17.2 Å². The molecule has 0 spiro atoms. The Morgan fingerprint density at radius 2 is 1.92 bits per heavy atom. The standard InChI is InChI=1S/C29H35N3O4/c1-21(2)29(19-30,23-9-4-3-5-10-23)15-7-6-12-27(33)32-16-8-11-24(32)28(34)31-18-22-13-14-25-26(17-22)36-20-35-25/h3-5,9-10,13-14,17,21,24H,6-8,11-12,15-16,18,20H2,1-2H3,(H,31,34)/t24-,29?/m1/s1. The molecule has 2 aromatic rings. The van der Waals surface area contributed by atoms with Gasteiger partial charge in [0.25, 0.3) is 0 Å². The van der Waals surface area contributed by atoms with Crippen LogP contribution in [0.3, 0.4) is 0 Å². The number of carbonyl (C=O) groups is 2. The third kappa shape index (κ3) is 5.48. The molecule has 2 atom stereocenters. The fourth-order valence-electron chi connectivity index (χ4n) is 5.27. The number of nitriles is 1. The zero-order valence-corrected chi connectivity index (χ0v) is 21.2. The number of amides is 2. The van der Waals surface area contributed by atoms with Gasteiger partial charge in [-0.25, -0.2) is 0 Å². The fourth-order valence-corrected chi connectivity index (χ4v) is 5.27. The second kappa shape index (κ2) is 11.5. The molecule has 1 saturated heterocycles. The minimum absolute atomic E-state index is 0.0162. The summed E-state index contributed by atoms with van der Waals surface area (Å²) in [6.07, 6.45) is 4.08. The van der Waals surface area contributed by atoms with Gasteiger partial charge in [-0.05, 0) is 54.9 Å². The maximum absolute atomic E-state index is 13.0. The molecule has 2 amide bonds. The van der Waals surface area contributed by atoms with Crippen LogP contribution in [0.1, 0.15) is 63.5 Å². The van der Waals surface area contributed by atoms with Crippen molar-refractivity contribution in [2.75, 3.05) is 13.3 Å². The number of rotatable bonds is 10. The molecule has 2 aliphatic heterocycles. The lowest BCUT2D eigenvalue weighted by Crippen LogP contribution is -2.45. The molecule has 1 fully saturated rings. The summed E-state index contributed by atoms with van der Waals surface area (Å²) in [5.41, 5.74) is 1.40. The van der Waals surface area contributed by atoms with Crippen molar-refractivity contribution in [2.45, 2.75) is 70.4 Å². The van der Waals surface area contributed by atoms with E-state index in [2.05, 4.69) is 25.2 Å². The van der Waals surface area contributed by atoms with Crippen molar-refractivity contribution in [2.24, 2.45) is 5.92 Å². The Hall–Kier alpha value is -3.53. The van der Waals surface area contributed by atoms with E-state index < -0.39 is 11.5 Å². The molecule has 190 valence electrons. The number of benzene rings is 2. The SMILES string of the molecule is CC(C)C(C#N)(CCCCC(=O)N1CCC[C@@H]1C(=O)NCc1ccc2c(c1)OCO2)c1ccccc1. The molecule has 2 aromatic carbocycles. The van der Waals surface area contributed by atoms with Crippen LogP contribution in [0.2, 0.25) is 0 Å². The first-order valence-corrected chi connectivity index (χ1v) is 12.9. The summed E-state index contributed by atoms with van der Waals surface area (Å²) in [5.74, 6) is 1.46. The number of hydrogen-bond acceptors (Lipinski definition) is 5. The first kappa shape index (κ1) is 25.6. The van der Waals surface area contributed by atoms with E-state index in [-0.39, 0.29) is 24.5 Å². The van der Waals surface area contributed by atoms with Crippen LogP contribution in [-0.2, 0) is 21.5 Å². The van der Waals surface area contributed by atoms with Crippen LogP contribution in [0.25, 0.3) is 0 Å². The summed E-state index contributed by atoms with van der Waals surface area (Å²) in [7, 11) is 0. The average Bonchev–Trinajstić information content (AvgIpc) is 3.57. The number of nitrogens with zero attached hydrogens (tertiary/aromatic N) is 2. The number of unbranched alkanes of at least 4 members (excludes halogenated alkanes) is 1. The highest BCUT2D eigenvalue weighted by molar-refractivity contribution is 5.88. The monoisotopic (exact) mass is 489 g/mol. The van der Waals surface area contributed by atoms with Crippen molar-refractivity contribution in [3.05, 3.63) is 59.7 Å². The van der Waals surface area contributed by atoms with Gasteiger partial charge in [0.15, 0.2) is 11.5 Å². The van der Waals surface area contributed by atoms with E-state index in [4.69, 9.17) is 9.47 Å². The topological polar surface area (TPSA) is 91.7 Å². The van der Waals surface area contributed by atoms with Crippen LogP contribution >= 0.6 is 0 Å². The second-order valence-electron chi connectivity index (χ2n) is 9.96. The van der Waals surface area contributed by atoms with Crippen LogP contribution in [-0.4, -0.2) is 36.1 Å². The van der Waals surface area contributed by atoms with E-state index >= 15 is 0 Å². The smallest absolute Gasteiger partial charge is 0.243 e. The van der Waals surface area contributed by atoms with E-state index in [0.717, 1.165) is 24.0 Å². The van der Waals surface area contributed by atoms with Crippen molar-refractivity contribution in [3.8, 4) is 17.6 Å². The summed E-state index contributed by atoms with van der Waals surface area (Å²) in [6.45, 7) is 5.36. The molecule has 4 rings (SSSR count). The lowest BCUT2D eigenvalue weighted by atomic mass is 9.69. The molecule has 36 heavy (non-hydrogen) atoms. The Labute approximate surface area is 213 Å². The third-order valence-electron chi connectivity index (χ3n) is 7.47. The molecule has 1 N–H and O–H groups in total. The molecule has 1 unspecified atom stereocenters. The van der Waals surface area contributed by atoms with E-state index in [1.807, 2.05) is 48.5 Å². The minimum Gasteiger partial charge on any atom is -0.454 e. The van der Waals surface area contributed by atoms with E-state index in [0.29, 0.717) is 50.3 Å². The number of likely N-dealkylation sites (tertiary alicyclic amines) is 1. The molecule has 7 heteroatoms. The molecule has 2 aliphatic rings. The summed E-state index contributed by atoms with van der Waals surface area (Å²) in [6, 6.07) is 17.7. The van der Waals surface area contributed by atoms with Gasteiger partial charge in [-0.15, -0.1) is 0 Å². The maximum atomic E-state index is 13.0. The highest BCUT2D eigenvalue weighted by Crippen LogP contribution is 2.37. The summed E-state index contributed by atoms with van der Waals surface area (Å²) >= 11 is 0. The van der Waals surface area contributed by atoms with E-state index in [1.54, 1.807) is 4.90 Å². The van der Waals surface area contributed by atoms with Gasteiger partial charge < -0.3 is 19.7 Å². The van der Waals surface area contributed by atoms with Crippen molar-refractivity contribution in [1.29, 1.82) is 5.26 Å². The first-order valence-electron chi connectivity index (χ1n) is 12.9. The van der Waals surface area contributed by atoms with Gasteiger partial charge in [-0.1, -0.05) is 56.7 Å². The molecule has 0 aromatic heterocycles. The van der Waals surface area contributed by atoms with Crippen LogP contribution < -0.4 is 14.8 Å². The number of hydrogen-bond donors (Lipinski definition) is 1. The predicted octanol–water partition coefficient (Wildman–Crippen LogP) is 4.70. The molecular weight excluding hydrogens is 454 g/mol. The second-order valence-corrected chi connectivity index (χ2v) is 9.96. The Balaban J connectivity index is 1.27. The Morgan fingerprint density at radius 1 is 1.14 bits per heavy atom. The van der Waals surface area contributed by atoms with E-state index in [1.165, 1.54) is 0 Å². The van der Waals surface area contributed by atoms with Crippen molar-refractivity contribution in [3.63, 3.8) is 0 Å². The Kier molecular flexibility index (Phi) is 8.14. The minimum atomic E-state index is -0.560. The van der Waals surface area contributed by atoms with Gasteiger partial charge >= 0.3 is 0 Å². The predicted molar refractivity (Wildman–Crippen MR) is 136 cm³/mol. The largest absolute Gasteiger partial charge is 0.454 e. The van der Waals surface area contributed by atoms with Crippen LogP contribution in [0.5, 0.6) is 11.5 Å². The van der Waals surface area contributed by atoms with E-state index in [9.17, 15) is 14.9 Å². The summed E-state index contributed by atoms with van der Waals surface area (Å²) in [4.78, 5) is 27.6. The molecular formula is C29H35N3O4. The molecule has 0 radical (unpaired) electrons. The first-order chi connectivity index (χ1) is 17.4. The normalized spacial score (nSPS) is 18.1. The molecule has 2 heterocycles. The summed E-state index contributed by atoms with van der Waals surface area (Å²) < 4.78 is 10.7. The van der Waals surface area contributed by atoms with Crippen LogP contribution in [0.15, 0.2) is 48.5 Å². The molecule has 0 saturated carbocycles. The quantitative estimate of drug-likeness (QED) is 0.489. The highest BCUT2D eigenvalue weighted by Gasteiger charge is 2.36. The van der Waals surface area contributed by atoms with Gasteiger partial charge in [-0.3, -0.25) is 9.59 Å². The van der Waals surface area contributed by atoms with Gasteiger partial charge in [-0.2, -0.15) is 5.26 Å². The van der Waals surface area contributed by atoms with Gasteiger partial charge in [0.2, 0.25) is 18.6 Å². The highest BCUT2D eigenvalue weighted by atomic mass is 16.7. The maximum Gasteiger partial charge on any atom is 0.243 e. The average molecular weight is 490 g/mol. The number of fused-ring (bicyclic) bond motifs is 1. The third-order valence-corrected chi connectivity index (χ3v) is 7.47. The van der Waals surface area contributed by atoms with Gasteiger partial charge in [0, 0.05) is 19.5 Å². The molecule has 7 nitrogen and oxygen atoms in total. The Bertz CT molecular complexity index is 1110. The van der Waals surface area contributed by atoms with Crippen molar-refractivity contribution in [1.82, 2.24) is 10.2 Å².